The fourth-order valence-electron chi connectivity index (χ4n) is 1.14. The molecule has 0 radical (unpaired) electrons. The fourth-order valence-corrected chi connectivity index (χ4v) is 1.14. The Morgan fingerprint density at radius 2 is 2.50 bits per heavy atom. The Bertz CT molecular complexity index is 309. The molecule has 0 aliphatic rings. The molecule has 5 nitrogen and oxygen atoms in total. The van der Waals surface area contributed by atoms with Gasteiger partial charge < -0.3 is 10.1 Å². The number of ether oxygens (including phenoxy) is 1. The molecule has 1 heterocycles. The number of aryl methyl sites for hydroxylation is 1. The minimum absolute atomic E-state index is 0.00714. The van der Waals surface area contributed by atoms with E-state index in [0.29, 0.717) is 12.2 Å². The van der Waals surface area contributed by atoms with Crippen molar-refractivity contribution in [2.75, 3.05) is 13.7 Å². The van der Waals surface area contributed by atoms with E-state index in [4.69, 9.17) is 4.74 Å². The van der Waals surface area contributed by atoms with Crippen LogP contribution in [0.4, 0.5) is 0 Å². The minimum Gasteiger partial charge on any atom is -0.383 e. The minimum atomic E-state index is -0.123. The summed E-state index contributed by atoms with van der Waals surface area (Å²) < 4.78 is 6.50. The largest absolute Gasteiger partial charge is 0.383 e. The van der Waals surface area contributed by atoms with Gasteiger partial charge in [-0.2, -0.15) is 5.10 Å². The van der Waals surface area contributed by atoms with Gasteiger partial charge in [0.2, 0.25) is 0 Å². The lowest BCUT2D eigenvalue weighted by atomic mass is 10.3. The second-order valence-corrected chi connectivity index (χ2v) is 3.23. The molecular formula is C9H15N3O2. The first-order chi connectivity index (χ1) is 6.63. The molecule has 1 N–H and O–H groups in total. The van der Waals surface area contributed by atoms with E-state index < -0.39 is 0 Å². The van der Waals surface area contributed by atoms with Crippen LogP contribution >= 0.6 is 0 Å². The van der Waals surface area contributed by atoms with Gasteiger partial charge in [-0.25, -0.2) is 0 Å². The topological polar surface area (TPSA) is 56.1 Å². The summed E-state index contributed by atoms with van der Waals surface area (Å²) in [5, 5.41) is 6.71. The summed E-state index contributed by atoms with van der Waals surface area (Å²) in [4.78, 5) is 11.5. The molecule has 0 saturated heterocycles. The molecule has 1 aromatic rings. The average Bonchev–Trinajstić information content (AvgIpc) is 2.52. The number of rotatable bonds is 4. The number of nitrogens with zero attached hydrogens (tertiary/aromatic N) is 2. The molecule has 0 bridgehead atoms. The lowest BCUT2D eigenvalue weighted by Crippen LogP contribution is -2.35. The predicted octanol–water partition coefficient (Wildman–Crippen LogP) is 0.185. The van der Waals surface area contributed by atoms with Gasteiger partial charge in [0.05, 0.1) is 18.4 Å². The van der Waals surface area contributed by atoms with Crippen LogP contribution in [0.25, 0.3) is 0 Å². The second-order valence-electron chi connectivity index (χ2n) is 3.23. The van der Waals surface area contributed by atoms with Gasteiger partial charge in [-0.15, -0.1) is 0 Å². The lowest BCUT2D eigenvalue weighted by molar-refractivity contribution is 0.0905. The number of aromatic nitrogens is 2. The van der Waals surface area contributed by atoms with Crippen LogP contribution in [0.3, 0.4) is 0 Å². The third kappa shape index (κ3) is 2.85. The Morgan fingerprint density at radius 1 is 1.79 bits per heavy atom. The first-order valence-corrected chi connectivity index (χ1v) is 4.42. The van der Waals surface area contributed by atoms with E-state index in [9.17, 15) is 4.79 Å². The highest BCUT2D eigenvalue weighted by Gasteiger charge is 2.10. The van der Waals surface area contributed by atoms with E-state index in [0.717, 1.165) is 0 Å². The van der Waals surface area contributed by atoms with Crippen LogP contribution in [0.15, 0.2) is 12.4 Å². The Balaban J connectivity index is 2.50. The van der Waals surface area contributed by atoms with Crippen molar-refractivity contribution >= 4 is 5.91 Å². The molecule has 1 atom stereocenters. The molecule has 1 rings (SSSR count). The van der Waals surface area contributed by atoms with E-state index in [1.54, 1.807) is 25.0 Å². The van der Waals surface area contributed by atoms with Crippen molar-refractivity contribution in [3.8, 4) is 0 Å². The van der Waals surface area contributed by atoms with Crippen LogP contribution in [0.5, 0.6) is 0 Å². The summed E-state index contributed by atoms with van der Waals surface area (Å²) in [6, 6.07) is 0.00714. The molecule has 0 saturated carbocycles. The highest BCUT2D eigenvalue weighted by atomic mass is 16.5. The summed E-state index contributed by atoms with van der Waals surface area (Å²) in [7, 11) is 3.38. The molecule has 0 aromatic carbocycles. The third-order valence-electron chi connectivity index (χ3n) is 1.76. The number of methoxy groups -OCH3 is 1. The molecule has 0 fully saturated rings. The Kier molecular flexibility index (Phi) is 3.64. The molecule has 78 valence electrons. The van der Waals surface area contributed by atoms with Gasteiger partial charge >= 0.3 is 0 Å². The number of hydrogen-bond donors (Lipinski definition) is 1. The summed E-state index contributed by atoms with van der Waals surface area (Å²) in [6.07, 6.45) is 3.21. The van der Waals surface area contributed by atoms with Gasteiger partial charge in [0.25, 0.3) is 5.91 Å². The van der Waals surface area contributed by atoms with Crippen LogP contribution in [-0.4, -0.2) is 35.4 Å². The van der Waals surface area contributed by atoms with Gasteiger partial charge in [0.1, 0.15) is 0 Å². The number of amides is 1. The van der Waals surface area contributed by atoms with Crippen molar-refractivity contribution in [1.29, 1.82) is 0 Å². The van der Waals surface area contributed by atoms with Crippen molar-refractivity contribution in [3.05, 3.63) is 18.0 Å². The fraction of sp³-hybridized carbons (Fsp3) is 0.556. The van der Waals surface area contributed by atoms with Crippen molar-refractivity contribution < 1.29 is 9.53 Å². The van der Waals surface area contributed by atoms with Gasteiger partial charge in [-0.05, 0) is 6.92 Å². The zero-order valence-electron chi connectivity index (χ0n) is 8.65. The highest BCUT2D eigenvalue weighted by Crippen LogP contribution is 1.96. The zero-order chi connectivity index (χ0) is 10.6. The smallest absolute Gasteiger partial charge is 0.254 e. The van der Waals surface area contributed by atoms with Crippen LogP contribution in [0.2, 0.25) is 0 Å². The van der Waals surface area contributed by atoms with Crippen molar-refractivity contribution in [3.63, 3.8) is 0 Å². The number of hydrogen-bond acceptors (Lipinski definition) is 3. The quantitative estimate of drug-likeness (QED) is 0.749. The van der Waals surface area contributed by atoms with Crippen molar-refractivity contribution in [1.82, 2.24) is 15.1 Å². The molecule has 1 amide bonds. The Hall–Kier alpha value is -1.36. The van der Waals surface area contributed by atoms with E-state index >= 15 is 0 Å². The van der Waals surface area contributed by atoms with E-state index in [1.165, 1.54) is 6.20 Å². The monoisotopic (exact) mass is 197 g/mol. The van der Waals surface area contributed by atoms with Crippen molar-refractivity contribution in [2.24, 2.45) is 7.05 Å². The summed E-state index contributed by atoms with van der Waals surface area (Å²) >= 11 is 0. The first kappa shape index (κ1) is 10.7. The number of carbonyl (C=O) groups is 1. The lowest BCUT2D eigenvalue weighted by Gasteiger charge is -2.11. The molecule has 1 aromatic heterocycles. The molecule has 0 unspecified atom stereocenters. The van der Waals surface area contributed by atoms with Gasteiger partial charge in [-0.3, -0.25) is 9.48 Å². The van der Waals surface area contributed by atoms with E-state index in [-0.39, 0.29) is 11.9 Å². The van der Waals surface area contributed by atoms with Crippen LogP contribution in [0, 0.1) is 0 Å². The molecule has 14 heavy (non-hydrogen) atoms. The summed E-state index contributed by atoms with van der Waals surface area (Å²) in [5.41, 5.74) is 0.565. The standard InChI is InChI=1S/C9H15N3O2/c1-7(6-14-3)11-9(13)8-4-10-12(2)5-8/h4-5,7H,6H2,1-3H3,(H,11,13)/t7-/m1/s1. The maximum atomic E-state index is 11.5. The van der Waals surface area contributed by atoms with Crippen LogP contribution < -0.4 is 5.32 Å². The van der Waals surface area contributed by atoms with Gasteiger partial charge in [-0.1, -0.05) is 0 Å². The molecule has 0 aliphatic heterocycles. The zero-order valence-corrected chi connectivity index (χ0v) is 8.65. The maximum Gasteiger partial charge on any atom is 0.254 e. The number of carbonyl (C=O) groups excluding carboxylic acids is 1. The molecule has 0 spiro atoms. The first-order valence-electron chi connectivity index (χ1n) is 4.42. The second kappa shape index (κ2) is 4.76. The van der Waals surface area contributed by atoms with Crippen LogP contribution in [-0.2, 0) is 11.8 Å². The highest BCUT2D eigenvalue weighted by molar-refractivity contribution is 5.93. The predicted molar refractivity (Wildman–Crippen MR) is 52.0 cm³/mol. The molecule has 5 heteroatoms. The summed E-state index contributed by atoms with van der Waals surface area (Å²) in [5.74, 6) is -0.123. The Labute approximate surface area is 83.1 Å². The van der Waals surface area contributed by atoms with Crippen LogP contribution in [0.1, 0.15) is 17.3 Å². The summed E-state index contributed by atoms with van der Waals surface area (Å²) in [6.45, 7) is 2.39. The third-order valence-corrected chi connectivity index (χ3v) is 1.76. The molecular weight excluding hydrogens is 182 g/mol. The average molecular weight is 197 g/mol. The molecule has 0 aliphatic carbocycles. The number of nitrogens with one attached hydrogen (secondary N) is 1. The maximum absolute atomic E-state index is 11.5. The van der Waals surface area contributed by atoms with E-state index in [2.05, 4.69) is 10.4 Å². The Morgan fingerprint density at radius 3 is 3.00 bits per heavy atom. The SMILES string of the molecule is COC[C@@H](C)NC(=O)c1cnn(C)c1. The van der Waals surface area contributed by atoms with Gasteiger partial charge in [0, 0.05) is 26.4 Å². The van der Waals surface area contributed by atoms with Crippen molar-refractivity contribution in [2.45, 2.75) is 13.0 Å². The van der Waals surface area contributed by atoms with Gasteiger partial charge in [0.15, 0.2) is 0 Å². The normalized spacial score (nSPS) is 12.5. The van der Waals surface area contributed by atoms with E-state index in [1.807, 2.05) is 6.92 Å².